The van der Waals surface area contributed by atoms with Crippen LogP contribution in [0.5, 0.6) is 0 Å². The van der Waals surface area contributed by atoms with Crippen LogP contribution in [0.15, 0.2) is 109 Å². The van der Waals surface area contributed by atoms with E-state index in [9.17, 15) is 4.79 Å². The molecule has 4 aromatic rings. The summed E-state index contributed by atoms with van der Waals surface area (Å²) in [5, 5.41) is 3.56. The maximum atomic E-state index is 14.4. The van der Waals surface area contributed by atoms with Gasteiger partial charge in [0, 0.05) is 23.1 Å². The molecule has 1 heterocycles. The average Bonchev–Trinajstić information content (AvgIpc) is 3.04. The van der Waals surface area contributed by atoms with E-state index in [1.807, 2.05) is 47.4 Å². The maximum absolute atomic E-state index is 14.4. The minimum absolute atomic E-state index is 0.0198. The van der Waals surface area contributed by atoms with Gasteiger partial charge in [0.1, 0.15) is 6.10 Å². The number of hydrogen-bond acceptors (Lipinski definition) is 3. The zero-order chi connectivity index (χ0) is 32.2. The van der Waals surface area contributed by atoms with Gasteiger partial charge in [0.15, 0.2) is 0 Å². The van der Waals surface area contributed by atoms with Crippen LogP contribution in [-0.2, 0) is 14.0 Å². The van der Waals surface area contributed by atoms with Crippen molar-refractivity contribution in [2.75, 3.05) is 13.7 Å². The molecule has 4 nitrogen and oxygen atoms in total. The lowest BCUT2D eigenvalue weighted by Gasteiger charge is -2.49. The highest BCUT2D eigenvalue weighted by atomic mass is 35.5. The van der Waals surface area contributed by atoms with Crippen molar-refractivity contribution >= 4 is 47.8 Å². The summed E-state index contributed by atoms with van der Waals surface area (Å²) in [6, 6.07) is 36.6. The summed E-state index contributed by atoms with van der Waals surface area (Å²) < 4.78 is 13.3. The fraction of sp³-hybridized carbons (Fsp3) is 0.342. The molecule has 1 amide bonds. The van der Waals surface area contributed by atoms with Crippen LogP contribution in [0.2, 0.25) is 15.1 Å². The molecule has 0 aromatic heterocycles. The minimum atomic E-state index is -2.84. The molecule has 0 saturated carbocycles. The Labute approximate surface area is 279 Å². The fourth-order valence-electron chi connectivity index (χ4n) is 7.05. The summed E-state index contributed by atoms with van der Waals surface area (Å²) in [5.41, 5.74) is 2.10. The molecule has 236 valence electrons. The van der Waals surface area contributed by atoms with Gasteiger partial charge in [0.25, 0.3) is 14.2 Å². The van der Waals surface area contributed by atoms with Gasteiger partial charge >= 0.3 is 0 Å². The highest BCUT2D eigenvalue weighted by molar-refractivity contribution is 6.99. The van der Waals surface area contributed by atoms with Crippen LogP contribution >= 0.6 is 23.2 Å². The number of halogens is 2. The van der Waals surface area contributed by atoms with Crippen LogP contribution in [0.25, 0.3) is 0 Å². The molecule has 0 bridgehead atoms. The number of likely N-dealkylation sites (tertiary alicyclic amines) is 1. The van der Waals surface area contributed by atoms with Gasteiger partial charge in [-0.1, -0.05) is 136 Å². The predicted octanol–water partition coefficient (Wildman–Crippen LogP) is 8.42. The van der Waals surface area contributed by atoms with Crippen LogP contribution in [0, 0.1) is 0 Å². The van der Waals surface area contributed by atoms with Crippen LogP contribution in [0.4, 0.5) is 0 Å². The van der Waals surface area contributed by atoms with Crippen LogP contribution in [0.1, 0.15) is 63.6 Å². The number of methoxy groups -OCH3 is 1. The Kier molecular flexibility index (Phi) is 10.6. The zero-order valence-electron chi connectivity index (χ0n) is 26.8. The largest absolute Gasteiger partial charge is 0.405 e. The van der Waals surface area contributed by atoms with Gasteiger partial charge in [-0.3, -0.25) is 4.79 Å². The molecule has 0 spiro atoms. The molecular weight excluding hydrogens is 617 g/mol. The lowest BCUT2D eigenvalue weighted by Crippen LogP contribution is -2.67. The molecule has 0 N–H and O–H groups in total. The van der Waals surface area contributed by atoms with Crippen molar-refractivity contribution in [1.29, 1.82) is 0 Å². The quantitative estimate of drug-likeness (QED) is 0.160. The Morgan fingerprint density at radius 2 is 1.42 bits per heavy atom. The molecule has 1 saturated heterocycles. The minimum Gasteiger partial charge on any atom is -0.405 e. The van der Waals surface area contributed by atoms with Gasteiger partial charge in [-0.2, -0.15) is 0 Å². The topological polar surface area (TPSA) is 38.8 Å². The Balaban J connectivity index is 1.62. The molecule has 7 heteroatoms. The second kappa shape index (κ2) is 14.2. The zero-order valence-corrected chi connectivity index (χ0v) is 29.3. The van der Waals surface area contributed by atoms with Gasteiger partial charge < -0.3 is 14.1 Å². The maximum Gasteiger partial charge on any atom is 0.261 e. The fourth-order valence-corrected chi connectivity index (χ4v) is 12.0. The van der Waals surface area contributed by atoms with E-state index >= 15 is 0 Å². The number of ether oxygens (including phenoxy) is 1. The summed E-state index contributed by atoms with van der Waals surface area (Å²) in [4.78, 5) is 16.5. The van der Waals surface area contributed by atoms with Crippen molar-refractivity contribution in [1.82, 2.24) is 4.90 Å². The molecule has 1 fully saturated rings. The molecule has 0 radical (unpaired) electrons. The first-order valence-electron chi connectivity index (χ1n) is 15.7. The highest BCUT2D eigenvalue weighted by Gasteiger charge is 2.52. The van der Waals surface area contributed by atoms with Gasteiger partial charge in [0.2, 0.25) is 0 Å². The van der Waals surface area contributed by atoms with E-state index in [4.69, 9.17) is 32.4 Å². The molecule has 0 aliphatic carbocycles. The third kappa shape index (κ3) is 6.79. The van der Waals surface area contributed by atoms with Crippen molar-refractivity contribution in [2.24, 2.45) is 0 Å². The SMILES string of the molecule is CCC(CO[Si](c1ccccc1)(c1ccccc1)C(C)(C)C)N1C(=O)[C@@H](OC)C[C@H](c2cccc(Cl)c2)[C@H]1c1ccc(Cl)cc1. The van der Waals surface area contributed by atoms with Crippen LogP contribution in [0.3, 0.4) is 0 Å². The third-order valence-corrected chi connectivity index (χ3v) is 14.7. The summed E-state index contributed by atoms with van der Waals surface area (Å²) in [6.45, 7) is 9.35. The molecular formula is C38H43Cl2NO3Si. The van der Waals surface area contributed by atoms with E-state index in [1.54, 1.807) is 7.11 Å². The number of hydrogen-bond donors (Lipinski definition) is 0. The second-order valence-electron chi connectivity index (χ2n) is 12.9. The first-order valence-corrected chi connectivity index (χ1v) is 18.4. The van der Waals surface area contributed by atoms with Gasteiger partial charge in [0.05, 0.1) is 18.7 Å². The molecule has 5 rings (SSSR count). The number of carbonyl (C=O) groups is 1. The lowest BCUT2D eigenvalue weighted by atomic mass is 9.78. The molecule has 4 atom stereocenters. The lowest BCUT2D eigenvalue weighted by molar-refractivity contribution is -0.156. The normalized spacial score (nSPS) is 19.8. The Morgan fingerprint density at radius 1 is 0.822 bits per heavy atom. The Bertz CT molecular complexity index is 1520. The third-order valence-electron chi connectivity index (χ3n) is 9.23. The first kappa shape index (κ1) is 33.4. The number of carbonyl (C=O) groups excluding carboxylic acids is 1. The monoisotopic (exact) mass is 659 g/mol. The summed E-state index contributed by atoms with van der Waals surface area (Å²) in [7, 11) is -1.22. The highest BCUT2D eigenvalue weighted by Crippen LogP contribution is 2.46. The van der Waals surface area contributed by atoms with Crippen molar-refractivity contribution in [3.05, 3.63) is 130 Å². The molecule has 1 aliphatic heterocycles. The van der Waals surface area contributed by atoms with Crippen molar-refractivity contribution < 1.29 is 14.0 Å². The van der Waals surface area contributed by atoms with Gasteiger partial charge in [-0.15, -0.1) is 0 Å². The van der Waals surface area contributed by atoms with E-state index in [0.717, 1.165) is 11.1 Å². The summed E-state index contributed by atoms with van der Waals surface area (Å²) in [5.74, 6) is -0.0666. The number of rotatable bonds is 10. The van der Waals surface area contributed by atoms with Gasteiger partial charge in [-0.25, -0.2) is 0 Å². The standard InChI is InChI=1S/C38H43Cl2NO3Si/c1-6-31(26-44-45(38(2,3)4,32-16-9-7-10-17-32)33-18-11-8-12-19-33)41-36(27-20-22-29(39)23-21-27)34(25-35(43-5)37(41)42)28-14-13-15-30(40)24-28/h7-24,31,34-36H,6,25-26H2,1-5H3/t31?,34-,35+,36-/m1/s1. The molecule has 1 unspecified atom stereocenters. The smallest absolute Gasteiger partial charge is 0.261 e. The van der Waals surface area contributed by atoms with Crippen molar-refractivity contribution in [3.8, 4) is 0 Å². The number of benzene rings is 4. The van der Waals surface area contributed by atoms with Crippen LogP contribution < -0.4 is 10.4 Å². The number of nitrogens with zero attached hydrogens (tertiary/aromatic N) is 1. The predicted molar refractivity (Wildman–Crippen MR) is 188 cm³/mol. The van der Waals surface area contributed by atoms with Gasteiger partial charge in [-0.05, 0) is 63.6 Å². The first-order chi connectivity index (χ1) is 21.6. The Morgan fingerprint density at radius 3 is 1.93 bits per heavy atom. The molecule has 45 heavy (non-hydrogen) atoms. The molecule has 4 aromatic carbocycles. The number of piperidine rings is 1. The summed E-state index contributed by atoms with van der Waals surface area (Å²) in [6.07, 6.45) is 0.678. The van der Waals surface area contributed by atoms with E-state index in [1.165, 1.54) is 10.4 Å². The number of amides is 1. The van der Waals surface area contributed by atoms with E-state index < -0.39 is 14.4 Å². The van der Waals surface area contributed by atoms with E-state index in [-0.39, 0.29) is 28.9 Å². The van der Waals surface area contributed by atoms with Crippen LogP contribution in [-0.4, -0.2) is 45.0 Å². The second-order valence-corrected chi connectivity index (χ2v) is 18.1. The summed E-state index contributed by atoms with van der Waals surface area (Å²) >= 11 is 12.9. The van der Waals surface area contributed by atoms with E-state index in [2.05, 4.69) is 94.4 Å². The Hall–Kier alpha value is -2.93. The molecule has 1 aliphatic rings. The van der Waals surface area contributed by atoms with E-state index in [0.29, 0.717) is 29.5 Å². The van der Waals surface area contributed by atoms with Crippen molar-refractivity contribution in [2.45, 2.75) is 69.7 Å². The average molecular weight is 661 g/mol. The van der Waals surface area contributed by atoms with Crippen molar-refractivity contribution in [3.63, 3.8) is 0 Å².